The van der Waals surface area contributed by atoms with Crippen LogP contribution in [0.3, 0.4) is 0 Å². The molecule has 0 saturated heterocycles. The van der Waals surface area contributed by atoms with E-state index >= 15 is 0 Å². The van der Waals surface area contributed by atoms with Crippen LogP contribution in [0.25, 0.3) is 6.08 Å². The summed E-state index contributed by atoms with van der Waals surface area (Å²) in [5.41, 5.74) is 2.72. The highest BCUT2D eigenvalue weighted by atomic mass is 35.5. The number of methoxy groups -OCH3 is 1. The number of esters is 1. The monoisotopic (exact) mass is 618 g/mol. The van der Waals surface area contributed by atoms with Crippen LogP contribution in [-0.4, -0.2) is 31.0 Å². The molecule has 1 atom stereocenters. The van der Waals surface area contributed by atoms with Crippen molar-refractivity contribution in [3.8, 4) is 23.0 Å². The Labute approximate surface area is 255 Å². The Morgan fingerprint density at radius 2 is 1.93 bits per heavy atom. The Bertz CT molecular complexity index is 1930. The number of ether oxygens (including phenoxy) is 5. The number of halogens is 1. The van der Waals surface area contributed by atoms with Gasteiger partial charge in [-0.05, 0) is 60.9 Å². The van der Waals surface area contributed by atoms with E-state index in [1.54, 1.807) is 44.2 Å². The minimum absolute atomic E-state index is 0.100. The zero-order valence-corrected chi connectivity index (χ0v) is 25.2. The van der Waals surface area contributed by atoms with Gasteiger partial charge in [0.2, 0.25) is 6.79 Å². The molecule has 4 aromatic rings. The Balaban J connectivity index is 1.43. The van der Waals surface area contributed by atoms with Crippen LogP contribution < -0.4 is 33.8 Å². The SMILES string of the molecule is CCOC(=O)C1=C(C)N=c2s/c(=C\c3cc(Cl)c(OCc4ccccc4)c(OC)c3)c(=O)n2[C@@H]1c1ccc2c(c1)OCO2. The Hall–Kier alpha value is -4.54. The van der Waals surface area contributed by atoms with Gasteiger partial charge in [0.15, 0.2) is 27.8 Å². The summed E-state index contributed by atoms with van der Waals surface area (Å²) < 4.78 is 29.9. The highest BCUT2D eigenvalue weighted by molar-refractivity contribution is 7.07. The molecule has 0 spiro atoms. The molecule has 0 radical (unpaired) electrons. The van der Waals surface area contributed by atoms with E-state index in [1.807, 2.05) is 36.4 Å². The summed E-state index contributed by atoms with van der Waals surface area (Å²) in [6.45, 7) is 4.07. The van der Waals surface area contributed by atoms with Gasteiger partial charge in [0.05, 0.1) is 40.6 Å². The van der Waals surface area contributed by atoms with E-state index in [4.69, 9.17) is 35.3 Å². The molecule has 9 nitrogen and oxygen atoms in total. The summed E-state index contributed by atoms with van der Waals surface area (Å²) in [4.78, 5) is 32.3. The third-order valence-electron chi connectivity index (χ3n) is 7.00. The van der Waals surface area contributed by atoms with Crippen molar-refractivity contribution in [1.29, 1.82) is 0 Å². The number of carbonyl (C=O) groups excluding carboxylic acids is 1. The van der Waals surface area contributed by atoms with Gasteiger partial charge < -0.3 is 23.7 Å². The maximum absolute atomic E-state index is 14.0. The van der Waals surface area contributed by atoms with E-state index in [0.29, 0.717) is 60.8 Å². The predicted octanol–water partition coefficient (Wildman–Crippen LogP) is 4.77. The third kappa shape index (κ3) is 5.51. The predicted molar refractivity (Wildman–Crippen MR) is 162 cm³/mol. The molecule has 0 aliphatic carbocycles. The Morgan fingerprint density at radius 1 is 1.14 bits per heavy atom. The lowest BCUT2D eigenvalue weighted by atomic mass is 9.95. The molecule has 11 heteroatoms. The van der Waals surface area contributed by atoms with Crippen LogP contribution in [0, 0.1) is 0 Å². The first-order valence-corrected chi connectivity index (χ1v) is 14.7. The molecule has 0 bridgehead atoms. The summed E-state index contributed by atoms with van der Waals surface area (Å²) in [6.07, 6.45) is 1.72. The van der Waals surface area contributed by atoms with Crippen molar-refractivity contribution in [2.45, 2.75) is 26.5 Å². The number of rotatable bonds is 8. The molecule has 0 saturated carbocycles. The largest absolute Gasteiger partial charge is 0.493 e. The maximum atomic E-state index is 14.0. The second-order valence-electron chi connectivity index (χ2n) is 9.72. The lowest BCUT2D eigenvalue weighted by Gasteiger charge is -2.24. The number of thiazole rings is 1. The normalized spacial score (nSPS) is 15.6. The number of carbonyl (C=O) groups is 1. The van der Waals surface area contributed by atoms with Crippen LogP contribution in [-0.2, 0) is 16.1 Å². The topological polar surface area (TPSA) is 97.6 Å². The van der Waals surface area contributed by atoms with Gasteiger partial charge in [-0.3, -0.25) is 9.36 Å². The minimum atomic E-state index is -0.779. The van der Waals surface area contributed by atoms with Crippen molar-refractivity contribution < 1.29 is 28.5 Å². The molecule has 43 heavy (non-hydrogen) atoms. The Morgan fingerprint density at radius 3 is 2.70 bits per heavy atom. The van der Waals surface area contributed by atoms with Crippen molar-refractivity contribution in [1.82, 2.24) is 4.57 Å². The average molecular weight is 619 g/mol. The second-order valence-corrected chi connectivity index (χ2v) is 11.1. The number of fused-ring (bicyclic) bond motifs is 2. The average Bonchev–Trinajstić information content (AvgIpc) is 3.59. The molecule has 2 aliphatic rings. The zero-order chi connectivity index (χ0) is 30.1. The quantitative estimate of drug-likeness (QED) is 0.263. The lowest BCUT2D eigenvalue weighted by Crippen LogP contribution is -2.39. The van der Waals surface area contributed by atoms with Crippen molar-refractivity contribution in [2.75, 3.05) is 20.5 Å². The minimum Gasteiger partial charge on any atom is -0.493 e. The molecule has 0 amide bonds. The molecule has 0 fully saturated rings. The molecule has 6 rings (SSSR count). The molecule has 3 heterocycles. The molecule has 1 aromatic heterocycles. The van der Waals surface area contributed by atoms with Crippen molar-refractivity contribution in [3.63, 3.8) is 0 Å². The second kappa shape index (κ2) is 12.0. The van der Waals surface area contributed by atoms with E-state index in [2.05, 4.69) is 4.99 Å². The fourth-order valence-corrected chi connectivity index (χ4v) is 6.35. The highest BCUT2D eigenvalue weighted by Gasteiger charge is 2.34. The first-order valence-electron chi connectivity index (χ1n) is 13.5. The van der Waals surface area contributed by atoms with E-state index in [-0.39, 0.29) is 24.5 Å². The molecular formula is C32H27ClN2O7S. The molecule has 220 valence electrons. The van der Waals surface area contributed by atoms with E-state index in [9.17, 15) is 9.59 Å². The number of hydrogen-bond acceptors (Lipinski definition) is 9. The Kier molecular flexibility index (Phi) is 7.96. The van der Waals surface area contributed by atoms with Gasteiger partial charge in [-0.25, -0.2) is 9.79 Å². The fourth-order valence-electron chi connectivity index (χ4n) is 5.03. The van der Waals surface area contributed by atoms with Crippen molar-refractivity contribution in [3.05, 3.63) is 113 Å². The first kappa shape index (κ1) is 28.6. The van der Waals surface area contributed by atoms with Crippen LogP contribution in [0.1, 0.15) is 36.6 Å². The smallest absolute Gasteiger partial charge is 0.338 e. The molecule has 0 N–H and O–H groups in total. The first-order chi connectivity index (χ1) is 20.9. The summed E-state index contributed by atoms with van der Waals surface area (Å²) >= 11 is 7.85. The van der Waals surface area contributed by atoms with Gasteiger partial charge in [0.1, 0.15) is 6.61 Å². The highest BCUT2D eigenvalue weighted by Crippen LogP contribution is 2.39. The molecular weight excluding hydrogens is 592 g/mol. The van der Waals surface area contributed by atoms with Crippen molar-refractivity contribution in [2.24, 2.45) is 4.99 Å². The summed E-state index contributed by atoms with van der Waals surface area (Å²) in [5.74, 6) is 1.43. The summed E-state index contributed by atoms with van der Waals surface area (Å²) in [5, 5.41) is 0.341. The summed E-state index contributed by atoms with van der Waals surface area (Å²) in [7, 11) is 1.53. The van der Waals surface area contributed by atoms with Gasteiger partial charge >= 0.3 is 5.97 Å². The molecule has 0 unspecified atom stereocenters. The third-order valence-corrected chi connectivity index (χ3v) is 8.27. The summed E-state index contributed by atoms with van der Waals surface area (Å²) in [6, 6.07) is 17.8. The van der Waals surface area contributed by atoms with Gasteiger partial charge in [-0.1, -0.05) is 59.3 Å². The van der Waals surface area contributed by atoms with E-state index in [0.717, 1.165) is 5.56 Å². The number of benzene rings is 3. The number of hydrogen-bond donors (Lipinski definition) is 0. The standard InChI is InChI=1S/C32H27ClN2O7S/c1-4-39-31(37)27-18(2)34-32-35(28(27)21-10-11-23-24(15-21)42-17-41-23)30(36)26(43-32)14-20-12-22(33)29(25(13-20)38-3)40-16-19-8-6-5-7-9-19/h5-15,28H,4,16-17H2,1-3H3/b26-14-/t28-/m1/s1. The van der Waals surface area contributed by atoms with E-state index < -0.39 is 12.0 Å². The van der Waals surface area contributed by atoms with Crippen LogP contribution in [0.4, 0.5) is 0 Å². The maximum Gasteiger partial charge on any atom is 0.338 e. The van der Waals surface area contributed by atoms with Crippen LogP contribution >= 0.6 is 22.9 Å². The number of allylic oxidation sites excluding steroid dienone is 1. The van der Waals surface area contributed by atoms with Gasteiger partial charge in [-0.2, -0.15) is 0 Å². The van der Waals surface area contributed by atoms with Crippen LogP contribution in [0.15, 0.2) is 81.7 Å². The zero-order valence-electron chi connectivity index (χ0n) is 23.6. The van der Waals surface area contributed by atoms with Crippen molar-refractivity contribution >= 4 is 35.0 Å². The fraction of sp³-hybridized carbons (Fsp3) is 0.219. The number of nitrogens with zero attached hydrogens (tertiary/aromatic N) is 2. The van der Waals surface area contributed by atoms with Gasteiger partial charge in [0.25, 0.3) is 5.56 Å². The number of aromatic nitrogens is 1. The van der Waals surface area contributed by atoms with Gasteiger partial charge in [0, 0.05) is 0 Å². The van der Waals surface area contributed by atoms with E-state index in [1.165, 1.54) is 23.0 Å². The van der Waals surface area contributed by atoms with Crippen LogP contribution in [0.5, 0.6) is 23.0 Å². The van der Waals surface area contributed by atoms with Crippen LogP contribution in [0.2, 0.25) is 5.02 Å². The van der Waals surface area contributed by atoms with Gasteiger partial charge in [-0.15, -0.1) is 0 Å². The molecule has 2 aliphatic heterocycles. The molecule has 3 aromatic carbocycles. The lowest BCUT2D eigenvalue weighted by molar-refractivity contribution is -0.139.